The average Bonchev–Trinajstić information content (AvgIpc) is 3.34. The predicted octanol–water partition coefficient (Wildman–Crippen LogP) is 3.63. The van der Waals surface area contributed by atoms with Gasteiger partial charge in [0.05, 0.1) is 11.9 Å². The fraction of sp³-hybridized carbons (Fsp3) is 0.462. The van der Waals surface area contributed by atoms with Crippen LogP contribution >= 0.6 is 0 Å². The van der Waals surface area contributed by atoms with Gasteiger partial charge in [-0.15, -0.1) is 0 Å². The fourth-order valence-corrected chi connectivity index (χ4v) is 5.12. The van der Waals surface area contributed by atoms with Gasteiger partial charge in [-0.05, 0) is 61.6 Å². The molecule has 0 spiro atoms. The normalized spacial score (nSPS) is 15.0. The second-order valence-electron chi connectivity index (χ2n) is 9.10. The molecule has 1 N–H and O–H groups in total. The monoisotopic (exact) mass is 503 g/mol. The van der Waals surface area contributed by atoms with E-state index < -0.39 is 34.3 Å². The van der Waals surface area contributed by atoms with Gasteiger partial charge in [0.1, 0.15) is 18.4 Å². The minimum atomic E-state index is -3.77. The largest absolute Gasteiger partial charge is 0.352 e. The summed E-state index contributed by atoms with van der Waals surface area (Å²) in [6, 6.07) is 11.9. The van der Waals surface area contributed by atoms with Crippen LogP contribution in [0.3, 0.4) is 0 Å². The molecule has 2 aromatic rings. The number of benzene rings is 2. The SMILES string of the molecule is CCc1ccc(N(CC(=O)N(Cc2ccc(F)cc2)C(C)C(=O)NC2CCCC2)S(C)(=O)=O)cc1. The van der Waals surface area contributed by atoms with Gasteiger partial charge < -0.3 is 10.2 Å². The average molecular weight is 504 g/mol. The van der Waals surface area contributed by atoms with Gasteiger partial charge in [-0.1, -0.05) is 44.0 Å². The van der Waals surface area contributed by atoms with E-state index >= 15 is 0 Å². The van der Waals surface area contributed by atoms with E-state index in [-0.39, 0.29) is 18.5 Å². The first-order chi connectivity index (χ1) is 16.6. The summed E-state index contributed by atoms with van der Waals surface area (Å²) in [7, 11) is -3.77. The number of halogens is 1. The fourth-order valence-electron chi connectivity index (χ4n) is 4.27. The van der Waals surface area contributed by atoms with Crippen LogP contribution in [0.25, 0.3) is 0 Å². The molecule has 2 amide bonds. The van der Waals surface area contributed by atoms with E-state index in [0.717, 1.165) is 48.2 Å². The van der Waals surface area contributed by atoms with Gasteiger partial charge in [0, 0.05) is 12.6 Å². The third kappa shape index (κ3) is 7.27. The molecule has 190 valence electrons. The summed E-state index contributed by atoms with van der Waals surface area (Å²) in [4.78, 5) is 27.9. The number of anilines is 1. The molecule has 1 aliphatic carbocycles. The highest BCUT2D eigenvalue weighted by molar-refractivity contribution is 7.92. The maximum atomic E-state index is 13.5. The standard InChI is InChI=1S/C26H34FN3O4S/c1-4-20-11-15-24(16-12-20)30(35(3,33)34)18-25(31)29(17-21-9-13-22(27)14-10-21)19(2)26(32)28-23-7-5-6-8-23/h9-16,19,23H,4-8,17-18H2,1-3H3,(H,28,32). The summed E-state index contributed by atoms with van der Waals surface area (Å²) >= 11 is 0. The summed E-state index contributed by atoms with van der Waals surface area (Å²) in [5.41, 5.74) is 2.06. The summed E-state index contributed by atoms with van der Waals surface area (Å²) in [6.07, 6.45) is 5.76. The van der Waals surface area contributed by atoms with E-state index in [1.54, 1.807) is 31.2 Å². The summed E-state index contributed by atoms with van der Waals surface area (Å²) in [5.74, 6) is -1.21. The number of carbonyl (C=O) groups is 2. The van der Waals surface area contributed by atoms with Crippen LogP contribution < -0.4 is 9.62 Å². The number of sulfonamides is 1. The Morgan fingerprint density at radius 2 is 1.60 bits per heavy atom. The van der Waals surface area contributed by atoms with Crippen molar-refractivity contribution in [2.24, 2.45) is 0 Å². The van der Waals surface area contributed by atoms with Crippen molar-refractivity contribution in [2.75, 3.05) is 17.1 Å². The van der Waals surface area contributed by atoms with Crippen LogP contribution in [-0.4, -0.2) is 50.0 Å². The lowest BCUT2D eigenvalue weighted by Gasteiger charge is -2.32. The van der Waals surface area contributed by atoms with Gasteiger partial charge in [-0.2, -0.15) is 0 Å². The van der Waals surface area contributed by atoms with E-state index in [4.69, 9.17) is 0 Å². The highest BCUT2D eigenvalue weighted by atomic mass is 32.2. The van der Waals surface area contributed by atoms with Crippen molar-refractivity contribution >= 4 is 27.5 Å². The van der Waals surface area contributed by atoms with Gasteiger partial charge in [0.25, 0.3) is 0 Å². The van der Waals surface area contributed by atoms with Crippen molar-refractivity contribution in [3.05, 3.63) is 65.5 Å². The maximum Gasteiger partial charge on any atom is 0.244 e. The molecule has 0 radical (unpaired) electrons. The zero-order valence-electron chi connectivity index (χ0n) is 20.5. The first kappa shape index (κ1) is 26.7. The van der Waals surface area contributed by atoms with Crippen molar-refractivity contribution in [3.8, 4) is 0 Å². The van der Waals surface area contributed by atoms with E-state index in [0.29, 0.717) is 11.3 Å². The van der Waals surface area contributed by atoms with E-state index in [9.17, 15) is 22.4 Å². The van der Waals surface area contributed by atoms with Gasteiger partial charge >= 0.3 is 0 Å². The predicted molar refractivity (Wildman–Crippen MR) is 135 cm³/mol. The second kappa shape index (κ2) is 11.7. The number of hydrogen-bond acceptors (Lipinski definition) is 4. The molecule has 0 heterocycles. The highest BCUT2D eigenvalue weighted by Crippen LogP contribution is 2.21. The number of nitrogens with one attached hydrogen (secondary N) is 1. The number of hydrogen-bond donors (Lipinski definition) is 1. The lowest BCUT2D eigenvalue weighted by Crippen LogP contribution is -2.52. The lowest BCUT2D eigenvalue weighted by molar-refractivity contribution is -0.139. The molecule has 0 aromatic heterocycles. The Kier molecular flexibility index (Phi) is 8.88. The molecule has 9 heteroatoms. The Morgan fingerprint density at radius 1 is 1.03 bits per heavy atom. The van der Waals surface area contributed by atoms with Gasteiger partial charge in [0.2, 0.25) is 21.8 Å². The molecule has 1 saturated carbocycles. The Balaban J connectivity index is 1.86. The van der Waals surface area contributed by atoms with Crippen molar-refractivity contribution in [3.63, 3.8) is 0 Å². The topological polar surface area (TPSA) is 86.8 Å². The summed E-state index contributed by atoms with van der Waals surface area (Å²) in [5, 5.41) is 3.01. The molecule has 1 unspecified atom stereocenters. The molecule has 0 bridgehead atoms. The molecule has 1 atom stereocenters. The molecule has 0 saturated heterocycles. The molecule has 1 aliphatic rings. The Morgan fingerprint density at radius 3 is 2.14 bits per heavy atom. The van der Waals surface area contributed by atoms with Crippen molar-refractivity contribution in [1.82, 2.24) is 10.2 Å². The smallest absolute Gasteiger partial charge is 0.244 e. The zero-order chi connectivity index (χ0) is 25.6. The lowest BCUT2D eigenvalue weighted by atomic mass is 10.1. The van der Waals surface area contributed by atoms with Crippen LogP contribution in [0, 0.1) is 5.82 Å². The molecule has 7 nitrogen and oxygen atoms in total. The van der Waals surface area contributed by atoms with Crippen LogP contribution in [-0.2, 0) is 32.6 Å². The van der Waals surface area contributed by atoms with Crippen molar-refractivity contribution in [2.45, 2.75) is 64.6 Å². The van der Waals surface area contributed by atoms with Crippen molar-refractivity contribution < 1.29 is 22.4 Å². The molecule has 3 rings (SSSR count). The van der Waals surface area contributed by atoms with Crippen LogP contribution in [0.15, 0.2) is 48.5 Å². The van der Waals surface area contributed by atoms with Crippen LogP contribution in [0.1, 0.15) is 50.7 Å². The van der Waals surface area contributed by atoms with Crippen LogP contribution in [0.2, 0.25) is 0 Å². The van der Waals surface area contributed by atoms with E-state index in [1.807, 2.05) is 19.1 Å². The Hall–Kier alpha value is -2.94. The molecular formula is C26H34FN3O4S. The Bertz CT molecular complexity index is 1110. The number of rotatable bonds is 10. The molecule has 35 heavy (non-hydrogen) atoms. The zero-order valence-corrected chi connectivity index (χ0v) is 21.4. The minimum absolute atomic E-state index is 0.0464. The van der Waals surface area contributed by atoms with E-state index in [2.05, 4.69) is 5.32 Å². The number of carbonyl (C=O) groups excluding carboxylic acids is 2. The molecule has 1 fully saturated rings. The van der Waals surface area contributed by atoms with Gasteiger partial charge in [0.15, 0.2) is 0 Å². The minimum Gasteiger partial charge on any atom is -0.352 e. The highest BCUT2D eigenvalue weighted by Gasteiger charge is 2.31. The molecule has 0 aliphatic heterocycles. The quantitative estimate of drug-likeness (QED) is 0.537. The second-order valence-corrected chi connectivity index (χ2v) is 11.0. The molecule has 2 aromatic carbocycles. The van der Waals surface area contributed by atoms with Gasteiger partial charge in [-0.25, -0.2) is 12.8 Å². The maximum absolute atomic E-state index is 13.5. The third-order valence-corrected chi connectivity index (χ3v) is 7.59. The summed E-state index contributed by atoms with van der Waals surface area (Å²) in [6.45, 7) is 3.22. The van der Waals surface area contributed by atoms with Crippen LogP contribution in [0.4, 0.5) is 10.1 Å². The number of aryl methyl sites for hydroxylation is 1. The van der Waals surface area contributed by atoms with Gasteiger partial charge in [-0.3, -0.25) is 13.9 Å². The third-order valence-electron chi connectivity index (χ3n) is 6.45. The molecular weight excluding hydrogens is 469 g/mol. The van der Waals surface area contributed by atoms with E-state index in [1.165, 1.54) is 17.0 Å². The van der Waals surface area contributed by atoms with Crippen molar-refractivity contribution in [1.29, 1.82) is 0 Å². The summed E-state index contributed by atoms with van der Waals surface area (Å²) < 4.78 is 39.7. The number of amides is 2. The Labute approximate surface area is 207 Å². The van der Waals surface area contributed by atoms with Crippen LogP contribution in [0.5, 0.6) is 0 Å². The first-order valence-electron chi connectivity index (χ1n) is 12.0. The first-order valence-corrected chi connectivity index (χ1v) is 13.8. The number of nitrogens with zero attached hydrogens (tertiary/aromatic N) is 2.